The van der Waals surface area contributed by atoms with E-state index in [-0.39, 0.29) is 11.5 Å². The molecule has 0 atom stereocenters. The van der Waals surface area contributed by atoms with E-state index in [1.807, 2.05) is 31.2 Å². The lowest BCUT2D eigenvalue weighted by molar-refractivity contribution is 0.104. The minimum Gasteiger partial charge on any atom is -0.508 e. The van der Waals surface area contributed by atoms with Gasteiger partial charge in [0.05, 0.1) is 7.11 Å². The van der Waals surface area contributed by atoms with E-state index in [4.69, 9.17) is 4.74 Å². The molecule has 0 bridgehead atoms. The summed E-state index contributed by atoms with van der Waals surface area (Å²) in [4.78, 5) is 12.4. The summed E-state index contributed by atoms with van der Waals surface area (Å²) in [5.41, 5.74) is 4.02. The second kappa shape index (κ2) is 5.09. The number of ketones is 1. The molecule has 0 unspecified atom stereocenters. The number of phenols is 1. The van der Waals surface area contributed by atoms with Gasteiger partial charge in [0.2, 0.25) is 0 Å². The third kappa shape index (κ3) is 2.31. The zero-order valence-corrected chi connectivity index (χ0v) is 12.0. The van der Waals surface area contributed by atoms with Gasteiger partial charge in [-0.3, -0.25) is 4.79 Å². The van der Waals surface area contributed by atoms with Crippen LogP contribution in [0.2, 0.25) is 0 Å². The van der Waals surface area contributed by atoms with E-state index in [1.54, 1.807) is 25.3 Å². The van der Waals surface area contributed by atoms with Crippen LogP contribution in [-0.4, -0.2) is 18.0 Å². The molecule has 0 radical (unpaired) electrons. The quantitative estimate of drug-likeness (QED) is 0.856. The van der Waals surface area contributed by atoms with Gasteiger partial charge in [0.1, 0.15) is 11.5 Å². The lowest BCUT2D eigenvalue weighted by Crippen LogP contribution is -1.95. The number of allylic oxidation sites excluding steroid dienone is 1. The van der Waals surface area contributed by atoms with Gasteiger partial charge in [-0.05, 0) is 42.3 Å². The van der Waals surface area contributed by atoms with Crippen LogP contribution in [0.1, 0.15) is 27.0 Å². The van der Waals surface area contributed by atoms with Crippen molar-refractivity contribution in [3.05, 3.63) is 64.2 Å². The molecule has 3 rings (SSSR count). The average Bonchev–Trinajstić information content (AvgIpc) is 2.78. The van der Waals surface area contributed by atoms with Gasteiger partial charge >= 0.3 is 0 Å². The summed E-state index contributed by atoms with van der Waals surface area (Å²) in [6, 6.07) is 10.9. The molecule has 0 aromatic heterocycles. The molecule has 0 fully saturated rings. The van der Waals surface area contributed by atoms with Gasteiger partial charge in [-0.2, -0.15) is 0 Å². The molecule has 2 aromatic carbocycles. The van der Waals surface area contributed by atoms with Crippen molar-refractivity contribution >= 4 is 11.9 Å². The van der Waals surface area contributed by atoms with E-state index in [0.717, 1.165) is 22.4 Å². The summed E-state index contributed by atoms with van der Waals surface area (Å²) in [6.07, 6.45) is 2.36. The number of ether oxygens (including phenoxy) is 1. The standard InChI is InChI=1S/C18H16O3/c1-11-8-12(6-7-17(11)21-2)9-13-10-15-14(18(13)20)4-3-5-16(15)19/h3-9,19H,10H2,1-2H3/b13-9+. The minimum absolute atomic E-state index is 0.00521. The molecule has 0 aliphatic heterocycles. The maximum absolute atomic E-state index is 12.4. The fraction of sp³-hybridized carbons (Fsp3) is 0.167. The molecule has 1 aliphatic carbocycles. The molecule has 0 spiro atoms. The van der Waals surface area contributed by atoms with E-state index >= 15 is 0 Å². The van der Waals surface area contributed by atoms with Gasteiger partial charge in [0.15, 0.2) is 5.78 Å². The average molecular weight is 280 g/mol. The minimum atomic E-state index is -0.00521. The van der Waals surface area contributed by atoms with E-state index < -0.39 is 0 Å². The lowest BCUT2D eigenvalue weighted by atomic mass is 10.1. The van der Waals surface area contributed by atoms with Crippen LogP contribution in [0.15, 0.2) is 42.0 Å². The number of aryl methyl sites for hydroxylation is 1. The Labute approximate surface area is 123 Å². The Morgan fingerprint density at radius 3 is 2.71 bits per heavy atom. The molecule has 2 aromatic rings. The van der Waals surface area contributed by atoms with Crippen molar-refractivity contribution in [3.8, 4) is 11.5 Å². The van der Waals surface area contributed by atoms with Crippen molar-refractivity contribution in [3.63, 3.8) is 0 Å². The van der Waals surface area contributed by atoms with Crippen LogP contribution >= 0.6 is 0 Å². The number of benzene rings is 2. The number of carbonyl (C=O) groups is 1. The van der Waals surface area contributed by atoms with Gasteiger partial charge in [0, 0.05) is 23.1 Å². The number of phenolic OH excluding ortho intramolecular Hbond substituents is 1. The number of rotatable bonds is 2. The number of fused-ring (bicyclic) bond motifs is 1. The predicted molar refractivity (Wildman–Crippen MR) is 81.8 cm³/mol. The van der Waals surface area contributed by atoms with E-state index in [0.29, 0.717) is 17.6 Å². The Balaban J connectivity index is 1.98. The van der Waals surface area contributed by atoms with Gasteiger partial charge in [-0.1, -0.05) is 18.2 Å². The topological polar surface area (TPSA) is 46.5 Å². The predicted octanol–water partition coefficient (Wildman–Crippen LogP) is 3.53. The summed E-state index contributed by atoms with van der Waals surface area (Å²) in [7, 11) is 1.64. The molecule has 0 amide bonds. The van der Waals surface area contributed by atoms with Crippen molar-refractivity contribution in [1.82, 2.24) is 0 Å². The Hall–Kier alpha value is -2.55. The highest BCUT2D eigenvalue weighted by Gasteiger charge is 2.26. The van der Waals surface area contributed by atoms with Crippen LogP contribution in [0.3, 0.4) is 0 Å². The molecule has 0 heterocycles. The SMILES string of the molecule is COc1ccc(/C=C2\Cc3c(O)cccc3C2=O)cc1C. The van der Waals surface area contributed by atoms with Crippen molar-refractivity contribution in [1.29, 1.82) is 0 Å². The smallest absolute Gasteiger partial charge is 0.189 e. The Kier molecular flexibility index (Phi) is 3.26. The van der Waals surface area contributed by atoms with Gasteiger partial charge < -0.3 is 9.84 Å². The maximum atomic E-state index is 12.4. The normalized spacial score (nSPS) is 15.3. The molecule has 21 heavy (non-hydrogen) atoms. The van der Waals surface area contributed by atoms with Gasteiger partial charge in [-0.25, -0.2) is 0 Å². The van der Waals surface area contributed by atoms with Crippen molar-refractivity contribution in [2.75, 3.05) is 7.11 Å². The second-order valence-corrected chi connectivity index (χ2v) is 5.21. The number of methoxy groups -OCH3 is 1. The first kappa shape index (κ1) is 13.4. The van der Waals surface area contributed by atoms with Crippen LogP contribution in [-0.2, 0) is 6.42 Å². The highest BCUT2D eigenvalue weighted by molar-refractivity contribution is 6.16. The fourth-order valence-corrected chi connectivity index (χ4v) is 2.73. The largest absolute Gasteiger partial charge is 0.508 e. The van der Waals surface area contributed by atoms with Crippen LogP contribution in [0.5, 0.6) is 11.5 Å². The summed E-state index contributed by atoms with van der Waals surface area (Å²) in [6.45, 7) is 1.97. The number of carbonyl (C=O) groups excluding carboxylic acids is 1. The summed E-state index contributed by atoms with van der Waals surface area (Å²) in [5, 5.41) is 9.85. The zero-order chi connectivity index (χ0) is 15.0. The monoisotopic (exact) mass is 280 g/mol. The molecular weight excluding hydrogens is 264 g/mol. The molecule has 1 N–H and O–H groups in total. The van der Waals surface area contributed by atoms with Crippen LogP contribution < -0.4 is 4.74 Å². The van der Waals surface area contributed by atoms with E-state index in [9.17, 15) is 9.90 Å². The van der Waals surface area contributed by atoms with Gasteiger partial charge in [0.25, 0.3) is 0 Å². The molecular formula is C18H16O3. The maximum Gasteiger partial charge on any atom is 0.189 e. The van der Waals surface area contributed by atoms with E-state index in [2.05, 4.69) is 0 Å². The zero-order valence-electron chi connectivity index (χ0n) is 12.0. The van der Waals surface area contributed by atoms with Crippen molar-refractivity contribution in [2.45, 2.75) is 13.3 Å². The third-order valence-electron chi connectivity index (χ3n) is 3.81. The van der Waals surface area contributed by atoms with Crippen molar-refractivity contribution < 1.29 is 14.6 Å². The fourth-order valence-electron chi connectivity index (χ4n) is 2.73. The summed E-state index contributed by atoms with van der Waals surface area (Å²) >= 11 is 0. The Morgan fingerprint density at radius 2 is 2.05 bits per heavy atom. The Bertz CT molecular complexity index is 757. The molecule has 0 saturated carbocycles. The number of hydrogen-bond acceptors (Lipinski definition) is 3. The van der Waals surface area contributed by atoms with Gasteiger partial charge in [-0.15, -0.1) is 0 Å². The molecule has 3 heteroatoms. The molecule has 1 aliphatic rings. The van der Waals surface area contributed by atoms with Crippen LogP contribution in [0.25, 0.3) is 6.08 Å². The highest BCUT2D eigenvalue weighted by Crippen LogP contribution is 2.33. The highest BCUT2D eigenvalue weighted by atomic mass is 16.5. The van der Waals surface area contributed by atoms with E-state index in [1.165, 1.54) is 0 Å². The first-order chi connectivity index (χ1) is 10.1. The first-order valence-electron chi connectivity index (χ1n) is 6.81. The molecule has 0 saturated heterocycles. The van der Waals surface area contributed by atoms with Crippen LogP contribution in [0.4, 0.5) is 0 Å². The summed E-state index contributed by atoms with van der Waals surface area (Å²) < 4.78 is 5.24. The molecule has 106 valence electrons. The number of Topliss-reactive ketones (excluding diaryl/α,β-unsaturated/α-hetero) is 1. The Morgan fingerprint density at radius 1 is 1.24 bits per heavy atom. The first-order valence-corrected chi connectivity index (χ1v) is 6.81. The molecule has 3 nitrogen and oxygen atoms in total. The second-order valence-electron chi connectivity index (χ2n) is 5.21. The van der Waals surface area contributed by atoms with Crippen molar-refractivity contribution in [2.24, 2.45) is 0 Å². The van der Waals surface area contributed by atoms with Crippen LogP contribution in [0, 0.1) is 6.92 Å². The summed E-state index contributed by atoms with van der Waals surface area (Å²) in [5.74, 6) is 1.01. The number of aromatic hydroxyl groups is 1. The lowest BCUT2D eigenvalue weighted by Gasteiger charge is -2.05. The third-order valence-corrected chi connectivity index (χ3v) is 3.81. The number of hydrogen-bond donors (Lipinski definition) is 1.